The smallest absolute Gasteiger partial charge is 0.0468 e. The summed E-state index contributed by atoms with van der Waals surface area (Å²) >= 11 is 0. The molecule has 1 heteroatoms. The van der Waals surface area contributed by atoms with Crippen LogP contribution in [0.1, 0.15) is 25.0 Å². The van der Waals surface area contributed by atoms with E-state index in [0.717, 1.165) is 17.1 Å². The first-order valence-electron chi connectivity index (χ1n) is 21.7. The number of rotatable bonds is 6. The molecule has 0 heterocycles. The van der Waals surface area contributed by atoms with E-state index in [1.165, 1.54) is 98.7 Å². The second-order valence-corrected chi connectivity index (χ2v) is 17.4. The van der Waals surface area contributed by atoms with Crippen molar-refractivity contribution in [2.45, 2.75) is 19.3 Å². The summed E-state index contributed by atoms with van der Waals surface area (Å²) < 4.78 is 0. The Bertz CT molecular complexity index is 3540. The molecule has 62 heavy (non-hydrogen) atoms. The highest BCUT2D eigenvalue weighted by Gasteiger charge is 2.36. The zero-order chi connectivity index (χ0) is 41.4. The molecule has 0 aliphatic heterocycles. The molecule has 0 saturated heterocycles. The van der Waals surface area contributed by atoms with Crippen LogP contribution in [0.15, 0.2) is 224 Å². The van der Waals surface area contributed by atoms with Crippen LogP contribution in [-0.4, -0.2) is 0 Å². The Morgan fingerprint density at radius 3 is 1.55 bits per heavy atom. The Kier molecular flexibility index (Phi) is 8.27. The van der Waals surface area contributed by atoms with E-state index in [0.29, 0.717) is 0 Å². The fourth-order valence-corrected chi connectivity index (χ4v) is 10.1. The summed E-state index contributed by atoms with van der Waals surface area (Å²) in [6, 6.07) is 83.0. The average Bonchev–Trinajstić information content (AvgIpc) is 3.56. The minimum absolute atomic E-state index is 0.184. The molecule has 292 valence electrons. The van der Waals surface area contributed by atoms with Gasteiger partial charge < -0.3 is 4.90 Å². The lowest BCUT2D eigenvalue weighted by atomic mass is 9.81. The topological polar surface area (TPSA) is 3.24 Å². The van der Waals surface area contributed by atoms with Crippen molar-refractivity contribution in [2.24, 2.45) is 0 Å². The fourth-order valence-electron chi connectivity index (χ4n) is 10.1. The molecule has 11 aromatic rings. The predicted molar refractivity (Wildman–Crippen MR) is 265 cm³/mol. The van der Waals surface area contributed by atoms with Crippen molar-refractivity contribution in [3.63, 3.8) is 0 Å². The van der Waals surface area contributed by atoms with Crippen molar-refractivity contribution in [2.75, 3.05) is 4.90 Å². The molecule has 1 aliphatic rings. The third-order valence-corrected chi connectivity index (χ3v) is 13.4. The van der Waals surface area contributed by atoms with E-state index in [4.69, 9.17) is 0 Å². The van der Waals surface area contributed by atoms with Gasteiger partial charge in [0.25, 0.3) is 0 Å². The Morgan fingerprint density at radius 2 is 0.758 bits per heavy atom. The van der Waals surface area contributed by atoms with Gasteiger partial charge in [-0.25, -0.2) is 0 Å². The lowest BCUT2D eigenvalue weighted by Gasteiger charge is -2.28. The van der Waals surface area contributed by atoms with Crippen LogP contribution in [0, 0.1) is 0 Å². The molecule has 0 atom stereocenters. The average molecular weight is 790 g/mol. The van der Waals surface area contributed by atoms with E-state index in [2.05, 4.69) is 243 Å². The van der Waals surface area contributed by atoms with Gasteiger partial charge in [-0.3, -0.25) is 0 Å². The summed E-state index contributed by atoms with van der Waals surface area (Å²) in [5.74, 6) is 0. The lowest BCUT2D eigenvalue weighted by Crippen LogP contribution is -2.16. The van der Waals surface area contributed by atoms with E-state index < -0.39 is 0 Å². The summed E-state index contributed by atoms with van der Waals surface area (Å²) in [7, 11) is 0. The van der Waals surface area contributed by atoms with Crippen molar-refractivity contribution in [3.8, 4) is 44.5 Å². The minimum atomic E-state index is -0.184. The molecule has 0 spiro atoms. The van der Waals surface area contributed by atoms with Gasteiger partial charge >= 0.3 is 0 Å². The van der Waals surface area contributed by atoms with Crippen molar-refractivity contribution < 1.29 is 0 Å². The molecular weight excluding hydrogens is 747 g/mol. The van der Waals surface area contributed by atoms with Gasteiger partial charge in [-0.15, -0.1) is 0 Å². The van der Waals surface area contributed by atoms with Gasteiger partial charge in [0, 0.05) is 22.5 Å². The minimum Gasteiger partial charge on any atom is -0.310 e. The summed E-state index contributed by atoms with van der Waals surface area (Å²) in [5, 5.41) is 10.1. The zero-order valence-electron chi connectivity index (χ0n) is 34.8. The molecule has 0 amide bonds. The predicted octanol–water partition coefficient (Wildman–Crippen LogP) is 17.1. The highest BCUT2D eigenvalue weighted by Crippen LogP contribution is 2.52. The highest BCUT2D eigenvalue weighted by atomic mass is 15.1. The summed E-state index contributed by atoms with van der Waals surface area (Å²) in [5.41, 5.74) is 16.0. The largest absolute Gasteiger partial charge is 0.310 e. The maximum atomic E-state index is 2.43. The van der Waals surface area contributed by atoms with Crippen molar-refractivity contribution in [1.82, 2.24) is 0 Å². The number of hydrogen-bond acceptors (Lipinski definition) is 1. The molecule has 1 nitrogen and oxygen atoms in total. The number of anilines is 3. The van der Waals surface area contributed by atoms with Crippen LogP contribution >= 0.6 is 0 Å². The molecular formula is C61H43N. The number of para-hydroxylation sites is 1. The van der Waals surface area contributed by atoms with Gasteiger partial charge in [0.1, 0.15) is 0 Å². The van der Waals surface area contributed by atoms with Gasteiger partial charge in [0.2, 0.25) is 0 Å². The summed E-state index contributed by atoms with van der Waals surface area (Å²) in [4.78, 5) is 2.41. The number of benzene rings is 11. The summed E-state index contributed by atoms with van der Waals surface area (Å²) in [6.07, 6.45) is 0. The summed E-state index contributed by atoms with van der Waals surface area (Å²) in [6.45, 7) is 4.76. The molecule has 0 radical (unpaired) electrons. The number of hydrogen-bond donors (Lipinski definition) is 0. The van der Waals surface area contributed by atoms with Crippen LogP contribution in [0.3, 0.4) is 0 Å². The second kappa shape index (κ2) is 14.2. The van der Waals surface area contributed by atoms with Crippen molar-refractivity contribution in [3.05, 3.63) is 236 Å². The molecule has 0 N–H and O–H groups in total. The molecule has 1 aliphatic carbocycles. The van der Waals surface area contributed by atoms with Gasteiger partial charge in [-0.2, -0.15) is 0 Å². The highest BCUT2D eigenvalue weighted by molar-refractivity contribution is 6.14. The SMILES string of the molecule is CC1(C)c2cc(-c3ccc(-c4ccc5ccccc5c4)cc3)ccc2-c2ccc(N(c3ccccc3)c3ccc4cc(-c5cc6ccccc6c6ccccc56)ccc4c3)cc21. The third kappa shape index (κ3) is 5.92. The Hall–Kier alpha value is -7.74. The first kappa shape index (κ1) is 36.1. The monoisotopic (exact) mass is 789 g/mol. The van der Waals surface area contributed by atoms with E-state index >= 15 is 0 Å². The quantitative estimate of drug-likeness (QED) is 0.152. The van der Waals surface area contributed by atoms with Gasteiger partial charge in [-0.1, -0.05) is 178 Å². The van der Waals surface area contributed by atoms with Crippen LogP contribution in [0.4, 0.5) is 17.1 Å². The fraction of sp³-hybridized carbons (Fsp3) is 0.0492. The molecule has 0 saturated carbocycles. The van der Waals surface area contributed by atoms with Crippen molar-refractivity contribution >= 4 is 60.2 Å². The maximum Gasteiger partial charge on any atom is 0.0468 e. The van der Waals surface area contributed by atoms with Crippen LogP contribution in [0.2, 0.25) is 0 Å². The van der Waals surface area contributed by atoms with E-state index in [-0.39, 0.29) is 5.41 Å². The van der Waals surface area contributed by atoms with Gasteiger partial charge in [0.05, 0.1) is 0 Å². The second-order valence-electron chi connectivity index (χ2n) is 17.4. The number of nitrogens with zero attached hydrogens (tertiary/aromatic N) is 1. The first-order chi connectivity index (χ1) is 30.5. The molecule has 12 rings (SSSR count). The standard InChI is InChI=1S/C61H43N/c1-61(2)59-38-47(42-22-20-41(21-23-42)44-25-24-40-12-6-7-13-43(40)34-44)29-32-56(59)57-33-31-52(39-60(57)61)62(50-15-4-3-5-16-50)51-30-28-45-35-49(27-26-46(45)36-51)58-37-48-14-8-9-17-53(48)54-18-10-11-19-55(54)58/h3-39H,1-2H3. The zero-order valence-corrected chi connectivity index (χ0v) is 34.8. The van der Waals surface area contributed by atoms with Gasteiger partial charge in [-0.05, 0) is 159 Å². The molecule has 0 bridgehead atoms. The third-order valence-electron chi connectivity index (χ3n) is 13.4. The molecule has 11 aromatic carbocycles. The van der Waals surface area contributed by atoms with E-state index in [1.54, 1.807) is 0 Å². The Morgan fingerprint density at radius 1 is 0.274 bits per heavy atom. The van der Waals surface area contributed by atoms with Crippen molar-refractivity contribution in [1.29, 1.82) is 0 Å². The van der Waals surface area contributed by atoms with E-state index in [9.17, 15) is 0 Å². The number of fused-ring (bicyclic) bond motifs is 8. The van der Waals surface area contributed by atoms with Gasteiger partial charge in [0.15, 0.2) is 0 Å². The molecule has 0 unspecified atom stereocenters. The normalized spacial score (nSPS) is 12.8. The van der Waals surface area contributed by atoms with Crippen LogP contribution < -0.4 is 4.90 Å². The lowest BCUT2D eigenvalue weighted by molar-refractivity contribution is 0.660. The van der Waals surface area contributed by atoms with Crippen LogP contribution in [0.25, 0.3) is 87.6 Å². The Balaban J connectivity index is 0.886. The Labute approximate surface area is 362 Å². The molecule has 0 fully saturated rings. The maximum absolute atomic E-state index is 2.43. The van der Waals surface area contributed by atoms with E-state index in [1.807, 2.05) is 0 Å². The van der Waals surface area contributed by atoms with Crippen LogP contribution in [0.5, 0.6) is 0 Å². The first-order valence-corrected chi connectivity index (χ1v) is 21.7. The van der Waals surface area contributed by atoms with Crippen LogP contribution in [-0.2, 0) is 5.41 Å². The molecule has 0 aromatic heterocycles.